The number of hydrogen-bond acceptors (Lipinski definition) is 4. The third-order valence-corrected chi connectivity index (χ3v) is 4.31. The highest BCUT2D eigenvalue weighted by Crippen LogP contribution is 2.22. The topological polar surface area (TPSA) is 46.3 Å². The first kappa shape index (κ1) is 17.1. The Hall–Kier alpha value is -2.71. The van der Waals surface area contributed by atoms with Crippen molar-refractivity contribution in [2.75, 3.05) is 7.11 Å². The minimum atomic E-state index is 0.355. The van der Waals surface area contributed by atoms with Gasteiger partial charge in [-0.1, -0.05) is 37.5 Å². The van der Waals surface area contributed by atoms with Crippen LogP contribution in [0.25, 0.3) is 5.70 Å². The van der Waals surface area contributed by atoms with E-state index in [4.69, 9.17) is 4.74 Å². The molecule has 0 atom stereocenters. The Morgan fingerprint density at radius 3 is 2.36 bits per heavy atom. The number of methoxy groups -OCH3 is 1. The molecule has 1 aliphatic carbocycles. The van der Waals surface area contributed by atoms with E-state index >= 15 is 0 Å². The second-order valence-corrected chi connectivity index (χ2v) is 6.15. The highest BCUT2D eigenvalue weighted by atomic mass is 16.5. The van der Waals surface area contributed by atoms with Crippen molar-refractivity contribution in [2.45, 2.75) is 38.1 Å². The van der Waals surface area contributed by atoms with Gasteiger partial charge in [0, 0.05) is 11.4 Å². The lowest BCUT2D eigenvalue weighted by Gasteiger charge is -2.15. The van der Waals surface area contributed by atoms with Crippen molar-refractivity contribution in [2.24, 2.45) is 15.2 Å². The fourth-order valence-corrected chi connectivity index (χ4v) is 2.86. The first-order valence-electron chi connectivity index (χ1n) is 8.79. The van der Waals surface area contributed by atoms with Gasteiger partial charge in [-0.3, -0.25) is 0 Å². The van der Waals surface area contributed by atoms with E-state index in [1.807, 2.05) is 54.6 Å². The molecule has 0 amide bonds. The minimum absolute atomic E-state index is 0.355. The van der Waals surface area contributed by atoms with Crippen LogP contribution in [0.1, 0.15) is 37.7 Å². The average molecular weight is 333 g/mol. The summed E-state index contributed by atoms with van der Waals surface area (Å²) in [5, 5.41) is 8.72. The Bertz CT molecular complexity index is 753. The van der Waals surface area contributed by atoms with Crippen molar-refractivity contribution in [1.29, 1.82) is 0 Å². The Kier molecular flexibility index (Phi) is 6.13. The summed E-state index contributed by atoms with van der Waals surface area (Å²) in [4.78, 5) is 4.64. The van der Waals surface area contributed by atoms with Gasteiger partial charge in [-0.2, -0.15) is 0 Å². The molecule has 0 radical (unpaired) electrons. The number of nitrogens with zero attached hydrogens (tertiary/aromatic N) is 3. The van der Waals surface area contributed by atoms with Crippen molar-refractivity contribution < 1.29 is 4.74 Å². The van der Waals surface area contributed by atoms with E-state index in [1.165, 1.54) is 19.3 Å². The zero-order valence-electron chi connectivity index (χ0n) is 14.6. The summed E-state index contributed by atoms with van der Waals surface area (Å²) < 4.78 is 5.23. The first-order chi connectivity index (χ1) is 12.3. The molecule has 0 aliphatic heterocycles. The van der Waals surface area contributed by atoms with E-state index in [0.29, 0.717) is 11.7 Å². The van der Waals surface area contributed by atoms with E-state index in [9.17, 15) is 0 Å². The van der Waals surface area contributed by atoms with Crippen molar-refractivity contribution >= 4 is 17.3 Å². The van der Waals surface area contributed by atoms with Gasteiger partial charge in [-0.25, -0.2) is 4.99 Å². The number of hydrogen-bond donors (Lipinski definition) is 0. The van der Waals surface area contributed by atoms with E-state index < -0.39 is 0 Å². The minimum Gasteiger partial charge on any atom is -0.497 e. The van der Waals surface area contributed by atoms with Crippen molar-refractivity contribution in [3.8, 4) is 5.75 Å². The van der Waals surface area contributed by atoms with Crippen LogP contribution in [0.3, 0.4) is 0 Å². The van der Waals surface area contributed by atoms with E-state index in [1.54, 1.807) is 7.11 Å². The number of ether oxygens (including phenoxy) is 1. The zero-order valence-corrected chi connectivity index (χ0v) is 14.6. The largest absolute Gasteiger partial charge is 0.497 e. The molecule has 1 aliphatic rings. The quantitative estimate of drug-likeness (QED) is 0.502. The lowest BCUT2D eigenvalue weighted by atomic mass is 9.96. The molecule has 0 aromatic heterocycles. The molecule has 0 N–H and O–H groups in total. The Balaban J connectivity index is 1.89. The molecule has 3 rings (SSSR count). The highest BCUT2D eigenvalue weighted by molar-refractivity contribution is 5.89. The number of azo groups is 1. The lowest BCUT2D eigenvalue weighted by Crippen LogP contribution is -2.08. The standard InChI is InChI=1S/C21H23N3O/c1-25-20-14-12-17(13-15-20)21(16-22-18-8-4-2-5-9-18)24-23-19-10-6-3-7-11-19/h3,6-7,10-15,18H,2,4-5,8-9H2,1H3. The maximum absolute atomic E-state index is 5.23. The van der Waals surface area contributed by atoms with Crippen LogP contribution in [0.5, 0.6) is 5.75 Å². The third kappa shape index (κ3) is 5.13. The monoisotopic (exact) mass is 333 g/mol. The summed E-state index contributed by atoms with van der Waals surface area (Å²) in [6.45, 7) is 0. The smallest absolute Gasteiger partial charge is 0.153 e. The Morgan fingerprint density at radius 1 is 0.960 bits per heavy atom. The third-order valence-electron chi connectivity index (χ3n) is 4.31. The van der Waals surface area contributed by atoms with E-state index in [-0.39, 0.29) is 0 Å². The van der Waals surface area contributed by atoms with Gasteiger partial charge < -0.3 is 4.74 Å². The van der Waals surface area contributed by atoms with Crippen molar-refractivity contribution in [1.82, 2.24) is 0 Å². The molecule has 0 unspecified atom stereocenters. The maximum atomic E-state index is 5.23. The second-order valence-electron chi connectivity index (χ2n) is 6.15. The van der Waals surface area contributed by atoms with Crippen LogP contribution < -0.4 is 4.74 Å². The van der Waals surface area contributed by atoms with Gasteiger partial charge in [-0.15, -0.1) is 10.2 Å². The van der Waals surface area contributed by atoms with Crippen LogP contribution in [-0.2, 0) is 0 Å². The number of rotatable bonds is 5. The van der Waals surface area contributed by atoms with Crippen LogP contribution in [0.15, 0.2) is 69.8 Å². The molecule has 0 saturated heterocycles. The van der Waals surface area contributed by atoms with Crippen LogP contribution in [0, 0.1) is 0 Å². The SMILES string of the molecule is COc1ccc(C(=C=NC2CCCCC2)N=Nc2ccccc2)cc1. The highest BCUT2D eigenvalue weighted by Gasteiger charge is 2.11. The zero-order chi connectivity index (χ0) is 17.3. The molecule has 0 heterocycles. The summed E-state index contributed by atoms with van der Waals surface area (Å²) in [6, 6.07) is 17.8. The molecule has 1 fully saturated rings. The predicted octanol–water partition coefficient (Wildman–Crippen LogP) is 5.82. The summed E-state index contributed by atoms with van der Waals surface area (Å²) in [7, 11) is 1.66. The summed E-state index contributed by atoms with van der Waals surface area (Å²) in [6.07, 6.45) is 6.09. The molecule has 25 heavy (non-hydrogen) atoms. The predicted molar refractivity (Wildman–Crippen MR) is 102 cm³/mol. The van der Waals surface area contributed by atoms with Gasteiger partial charge in [0.05, 0.1) is 18.8 Å². The molecule has 2 aromatic carbocycles. The molecule has 0 spiro atoms. The molecule has 4 heteroatoms. The molecule has 128 valence electrons. The van der Waals surface area contributed by atoms with Gasteiger partial charge in [0.15, 0.2) is 5.70 Å². The van der Waals surface area contributed by atoms with Gasteiger partial charge in [0.2, 0.25) is 0 Å². The molecular formula is C21H23N3O. The molecular weight excluding hydrogens is 310 g/mol. The van der Waals surface area contributed by atoms with Crippen LogP contribution in [-0.4, -0.2) is 19.0 Å². The summed E-state index contributed by atoms with van der Waals surface area (Å²) in [5.74, 6) is 3.97. The first-order valence-corrected chi connectivity index (χ1v) is 8.79. The van der Waals surface area contributed by atoms with Crippen LogP contribution in [0.4, 0.5) is 5.69 Å². The van der Waals surface area contributed by atoms with Gasteiger partial charge in [0.1, 0.15) is 5.75 Å². The normalized spacial score (nSPS) is 14.9. The molecule has 2 aromatic rings. The summed E-state index contributed by atoms with van der Waals surface area (Å²) in [5.41, 5.74) is 2.39. The van der Waals surface area contributed by atoms with Gasteiger partial charge >= 0.3 is 0 Å². The number of aliphatic imine (C=N–C) groups is 1. The van der Waals surface area contributed by atoms with E-state index in [2.05, 4.69) is 21.1 Å². The lowest BCUT2D eigenvalue weighted by molar-refractivity contribution is 0.415. The molecule has 4 nitrogen and oxygen atoms in total. The Morgan fingerprint density at radius 2 is 1.68 bits per heavy atom. The van der Waals surface area contributed by atoms with Crippen molar-refractivity contribution in [3.05, 3.63) is 60.2 Å². The van der Waals surface area contributed by atoms with E-state index in [0.717, 1.165) is 29.8 Å². The fraction of sp³-hybridized carbons (Fsp3) is 0.333. The molecule has 1 saturated carbocycles. The second kappa shape index (κ2) is 8.95. The number of benzene rings is 2. The van der Waals surface area contributed by atoms with Crippen LogP contribution in [0.2, 0.25) is 0 Å². The van der Waals surface area contributed by atoms with Crippen molar-refractivity contribution in [3.63, 3.8) is 0 Å². The van der Waals surface area contributed by atoms with Gasteiger partial charge in [0.25, 0.3) is 0 Å². The maximum Gasteiger partial charge on any atom is 0.153 e. The Labute approximate surface area is 149 Å². The molecule has 0 bridgehead atoms. The average Bonchev–Trinajstić information content (AvgIpc) is 2.70. The summed E-state index contributed by atoms with van der Waals surface area (Å²) >= 11 is 0. The van der Waals surface area contributed by atoms with Crippen LogP contribution >= 0.6 is 0 Å². The fourth-order valence-electron chi connectivity index (χ4n) is 2.86. The van der Waals surface area contributed by atoms with Gasteiger partial charge in [-0.05, 0) is 49.2 Å².